The molecule has 2 aromatic heterocycles. The number of carbonyl (C=O) groups excluding carboxylic acids is 1. The number of benzene rings is 1. The fourth-order valence-corrected chi connectivity index (χ4v) is 3.61. The molecule has 0 fully saturated rings. The summed E-state index contributed by atoms with van der Waals surface area (Å²) in [5.74, 6) is 0.846. The molecule has 4 rings (SSSR count). The first-order valence-electron chi connectivity index (χ1n) is 8.37. The highest BCUT2D eigenvalue weighted by Crippen LogP contribution is 2.28. The van der Waals surface area contributed by atoms with Crippen LogP contribution < -0.4 is 0 Å². The Kier molecular flexibility index (Phi) is 3.80. The van der Waals surface area contributed by atoms with Crippen LogP contribution in [0.3, 0.4) is 0 Å². The monoisotopic (exact) mass is 339 g/mol. The molecule has 0 spiro atoms. The molecule has 3 aromatic rings. The summed E-state index contributed by atoms with van der Waals surface area (Å²) in [5.41, 5.74) is 2.50. The first-order valence-corrected chi connectivity index (χ1v) is 8.37. The SMILES string of the molecule is COCc1cnc2n1CCN(C(=O)c1nn(C)c3ccccc13)[C@@H]2C. The van der Waals surface area contributed by atoms with Gasteiger partial charge in [0.25, 0.3) is 5.91 Å². The lowest BCUT2D eigenvalue weighted by Crippen LogP contribution is -2.41. The van der Waals surface area contributed by atoms with Crippen molar-refractivity contribution < 1.29 is 9.53 Å². The lowest BCUT2D eigenvalue weighted by Gasteiger charge is -2.34. The number of hydrogen-bond donors (Lipinski definition) is 0. The number of hydrogen-bond acceptors (Lipinski definition) is 4. The zero-order valence-corrected chi connectivity index (χ0v) is 14.6. The Morgan fingerprint density at radius 2 is 2.12 bits per heavy atom. The molecule has 7 heteroatoms. The van der Waals surface area contributed by atoms with E-state index in [0.717, 1.165) is 29.0 Å². The number of nitrogens with zero attached hydrogens (tertiary/aromatic N) is 5. The maximum Gasteiger partial charge on any atom is 0.275 e. The standard InChI is InChI=1S/C18H21N5O2/c1-12-17-19-10-13(11-25-3)23(17)9-8-22(12)18(24)16-14-6-4-5-7-15(14)21(2)20-16/h4-7,10,12H,8-9,11H2,1-3H3/t12-/m1/s1. The number of imidazole rings is 1. The van der Waals surface area contributed by atoms with E-state index in [4.69, 9.17) is 4.74 Å². The number of rotatable bonds is 3. The van der Waals surface area contributed by atoms with E-state index in [0.29, 0.717) is 18.8 Å². The van der Waals surface area contributed by atoms with Crippen LogP contribution in [-0.2, 0) is 24.9 Å². The summed E-state index contributed by atoms with van der Waals surface area (Å²) < 4.78 is 9.13. The number of para-hydroxylation sites is 1. The van der Waals surface area contributed by atoms with Crippen molar-refractivity contribution >= 4 is 16.8 Å². The van der Waals surface area contributed by atoms with Gasteiger partial charge < -0.3 is 14.2 Å². The second kappa shape index (κ2) is 6.00. The van der Waals surface area contributed by atoms with Crippen molar-refractivity contribution in [2.24, 2.45) is 7.05 Å². The molecule has 0 unspecified atom stereocenters. The fourth-order valence-electron chi connectivity index (χ4n) is 3.61. The lowest BCUT2D eigenvalue weighted by atomic mass is 10.1. The summed E-state index contributed by atoms with van der Waals surface area (Å²) >= 11 is 0. The Morgan fingerprint density at radius 1 is 1.32 bits per heavy atom. The van der Waals surface area contributed by atoms with Crippen molar-refractivity contribution in [3.05, 3.63) is 47.7 Å². The topological polar surface area (TPSA) is 65.2 Å². The zero-order chi connectivity index (χ0) is 17.6. The number of aromatic nitrogens is 4. The van der Waals surface area contributed by atoms with Gasteiger partial charge in [-0.3, -0.25) is 9.48 Å². The molecule has 1 atom stereocenters. The van der Waals surface area contributed by atoms with E-state index in [2.05, 4.69) is 14.6 Å². The van der Waals surface area contributed by atoms with E-state index in [-0.39, 0.29) is 11.9 Å². The highest BCUT2D eigenvalue weighted by Gasteiger charge is 2.32. The minimum Gasteiger partial charge on any atom is -0.378 e. The van der Waals surface area contributed by atoms with Gasteiger partial charge in [0.1, 0.15) is 5.82 Å². The Labute approximate surface area is 145 Å². The molecule has 1 aromatic carbocycles. The molecule has 3 heterocycles. The van der Waals surface area contributed by atoms with Gasteiger partial charge in [0.15, 0.2) is 5.69 Å². The predicted molar refractivity (Wildman–Crippen MR) is 93.1 cm³/mol. The molecule has 1 aliphatic heterocycles. The van der Waals surface area contributed by atoms with Gasteiger partial charge in [-0.1, -0.05) is 18.2 Å². The molecule has 25 heavy (non-hydrogen) atoms. The molecule has 0 saturated heterocycles. The molecule has 0 N–H and O–H groups in total. The summed E-state index contributed by atoms with van der Waals surface area (Å²) in [5, 5.41) is 5.35. The van der Waals surface area contributed by atoms with E-state index >= 15 is 0 Å². The van der Waals surface area contributed by atoms with Crippen LogP contribution in [0.15, 0.2) is 30.5 Å². The second-order valence-electron chi connectivity index (χ2n) is 6.36. The van der Waals surface area contributed by atoms with Gasteiger partial charge in [-0.15, -0.1) is 0 Å². The van der Waals surface area contributed by atoms with E-state index in [9.17, 15) is 4.79 Å². The summed E-state index contributed by atoms with van der Waals surface area (Å²) in [6, 6.07) is 7.71. The maximum atomic E-state index is 13.2. The molecule has 0 saturated carbocycles. The Hall–Kier alpha value is -2.67. The Bertz CT molecular complexity index is 942. The van der Waals surface area contributed by atoms with Crippen LogP contribution in [0.2, 0.25) is 0 Å². The molecule has 130 valence electrons. The number of methoxy groups -OCH3 is 1. The second-order valence-corrected chi connectivity index (χ2v) is 6.36. The summed E-state index contributed by atoms with van der Waals surface area (Å²) in [6.07, 6.45) is 1.83. The smallest absolute Gasteiger partial charge is 0.275 e. The van der Waals surface area contributed by atoms with Crippen LogP contribution in [0.1, 0.15) is 35.0 Å². The van der Waals surface area contributed by atoms with E-state index in [1.807, 2.05) is 49.3 Å². The zero-order valence-electron chi connectivity index (χ0n) is 14.6. The first kappa shape index (κ1) is 15.8. The molecule has 0 bridgehead atoms. The van der Waals surface area contributed by atoms with Crippen LogP contribution in [0.5, 0.6) is 0 Å². The van der Waals surface area contributed by atoms with E-state index in [1.54, 1.807) is 11.8 Å². The van der Waals surface area contributed by atoms with Gasteiger partial charge in [-0.25, -0.2) is 4.98 Å². The quantitative estimate of drug-likeness (QED) is 0.733. The molecule has 7 nitrogen and oxygen atoms in total. The van der Waals surface area contributed by atoms with Crippen LogP contribution in [-0.4, -0.2) is 43.8 Å². The molecule has 0 aliphatic carbocycles. The lowest BCUT2D eigenvalue weighted by molar-refractivity contribution is 0.0627. The summed E-state index contributed by atoms with van der Waals surface area (Å²) in [6.45, 7) is 3.88. The largest absolute Gasteiger partial charge is 0.378 e. The van der Waals surface area contributed by atoms with Crippen LogP contribution in [0, 0.1) is 0 Å². The van der Waals surface area contributed by atoms with Crippen LogP contribution in [0.25, 0.3) is 10.9 Å². The third kappa shape index (κ3) is 2.42. The van der Waals surface area contributed by atoms with Crippen molar-refractivity contribution in [1.82, 2.24) is 24.2 Å². The van der Waals surface area contributed by atoms with E-state index in [1.165, 1.54) is 0 Å². The normalized spacial score (nSPS) is 17.1. The molecule has 1 aliphatic rings. The summed E-state index contributed by atoms with van der Waals surface area (Å²) in [4.78, 5) is 19.5. The average molecular weight is 339 g/mol. The highest BCUT2D eigenvalue weighted by atomic mass is 16.5. The van der Waals surface area contributed by atoms with Gasteiger partial charge >= 0.3 is 0 Å². The predicted octanol–water partition coefficient (Wildman–Crippen LogP) is 2.13. The molecule has 0 radical (unpaired) electrons. The van der Waals surface area contributed by atoms with Gasteiger partial charge in [-0.2, -0.15) is 5.10 Å². The van der Waals surface area contributed by atoms with Crippen molar-refractivity contribution in [3.8, 4) is 0 Å². The van der Waals surface area contributed by atoms with Crippen molar-refractivity contribution in [1.29, 1.82) is 0 Å². The number of carbonyl (C=O) groups is 1. The van der Waals surface area contributed by atoms with E-state index < -0.39 is 0 Å². The Morgan fingerprint density at radius 3 is 2.92 bits per heavy atom. The van der Waals surface area contributed by atoms with Crippen molar-refractivity contribution in [2.75, 3.05) is 13.7 Å². The number of aryl methyl sites for hydroxylation is 1. The fraction of sp³-hybridized carbons (Fsp3) is 0.389. The van der Waals surface area contributed by atoms with Gasteiger partial charge in [0, 0.05) is 32.6 Å². The molecular weight excluding hydrogens is 318 g/mol. The van der Waals surface area contributed by atoms with Crippen molar-refractivity contribution in [3.63, 3.8) is 0 Å². The number of ether oxygens (including phenoxy) is 1. The van der Waals surface area contributed by atoms with Gasteiger partial charge in [-0.05, 0) is 13.0 Å². The van der Waals surface area contributed by atoms with Gasteiger partial charge in [0.2, 0.25) is 0 Å². The third-order valence-corrected chi connectivity index (χ3v) is 4.89. The molecule has 1 amide bonds. The highest BCUT2D eigenvalue weighted by molar-refractivity contribution is 6.05. The maximum absolute atomic E-state index is 13.2. The van der Waals surface area contributed by atoms with Crippen LogP contribution >= 0.6 is 0 Å². The van der Waals surface area contributed by atoms with Crippen molar-refractivity contribution in [2.45, 2.75) is 26.1 Å². The number of amides is 1. The minimum absolute atomic E-state index is 0.0492. The van der Waals surface area contributed by atoms with Gasteiger partial charge in [0.05, 0.1) is 30.1 Å². The van der Waals surface area contributed by atoms with Crippen LogP contribution in [0.4, 0.5) is 0 Å². The minimum atomic E-state index is -0.104. The first-order chi connectivity index (χ1) is 12.1. The Balaban J connectivity index is 1.69. The average Bonchev–Trinajstić information content (AvgIpc) is 3.18. The third-order valence-electron chi connectivity index (χ3n) is 4.89. The number of fused-ring (bicyclic) bond motifs is 2. The summed E-state index contributed by atoms with van der Waals surface area (Å²) in [7, 11) is 3.54. The molecular formula is C18H21N5O2.